The summed E-state index contributed by atoms with van der Waals surface area (Å²) >= 11 is 0. The molecule has 0 bridgehead atoms. The van der Waals surface area contributed by atoms with Gasteiger partial charge in [0.15, 0.2) is 0 Å². The van der Waals surface area contributed by atoms with Crippen LogP contribution in [-0.2, 0) is 16.1 Å². The van der Waals surface area contributed by atoms with Crippen LogP contribution in [0, 0.1) is 6.92 Å². The van der Waals surface area contributed by atoms with Crippen LogP contribution in [0.5, 0.6) is 0 Å². The molecule has 0 saturated heterocycles. The van der Waals surface area contributed by atoms with Crippen molar-refractivity contribution in [2.24, 2.45) is 0 Å². The molecule has 0 saturated carbocycles. The second-order valence-electron chi connectivity index (χ2n) is 7.60. The summed E-state index contributed by atoms with van der Waals surface area (Å²) in [5, 5.41) is 7.99. The van der Waals surface area contributed by atoms with Gasteiger partial charge in [0.1, 0.15) is 12.1 Å². The molecule has 0 atom stereocenters. The molecule has 7 heteroatoms. The van der Waals surface area contributed by atoms with Crippen LogP contribution < -0.4 is 16.0 Å². The first-order valence-corrected chi connectivity index (χ1v) is 9.33. The maximum atomic E-state index is 12.3. The third kappa shape index (κ3) is 7.65. The van der Waals surface area contributed by atoms with E-state index in [9.17, 15) is 14.4 Å². The number of hydrogen-bond acceptors (Lipinski definition) is 4. The minimum absolute atomic E-state index is 0.154. The molecule has 7 nitrogen and oxygen atoms in total. The topological polar surface area (TPSA) is 96.5 Å². The number of amides is 3. The zero-order valence-electron chi connectivity index (χ0n) is 17.2. The largest absolute Gasteiger partial charge is 0.444 e. The zero-order valence-corrected chi connectivity index (χ0v) is 17.2. The molecular formula is C22H27N3O4. The highest BCUT2D eigenvalue weighted by atomic mass is 16.6. The molecule has 3 amide bonds. The van der Waals surface area contributed by atoms with Gasteiger partial charge in [-0.25, -0.2) is 4.79 Å². The summed E-state index contributed by atoms with van der Waals surface area (Å²) in [7, 11) is 0. The molecule has 0 radical (unpaired) electrons. The lowest BCUT2D eigenvalue weighted by atomic mass is 10.1. The molecule has 3 N–H and O–H groups in total. The van der Waals surface area contributed by atoms with Crippen LogP contribution in [0.1, 0.15) is 42.3 Å². The lowest BCUT2D eigenvalue weighted by Crippen LogP contribution is -2.37. The van der Waals surface area contributed by atoms with Crippen molar-refractivity contribution < 1.29 is 19.1 Å². The fraction of sp³-hybridized carbons (Fsp3) is 0.318. The van der Waals surface area contributed by atoms with Gasteiger partial charge in [-0.2, -0.15) is 0 Å². The number of benzene rings is 2. The summed E-state index contributed by atoms with van der Waals surface area (Å²) < 4.78 is 5.09. The van der Waals surface area contributed by atoms with Gasteiger partial charge < -0.3 is 20.7 Å². The molecule has 0 unspecified atom stereocenters. The van der Waals surface area contributed by atoms with Crippen molar-refractivity contribution in [2.45, 2.75) is 39.8 Å². The summed E-state index contributed by atoms with van der Waals surface area (Å²) in [5.74, 6) is -0.531. The second kappa shape index (κ2) is 9.73. The SMILES string of the molecule is Cc1ccccc1C(=O)NCc1cccc(NC(=O)CNC(=O)OC(C)(C)C)c1. The Morgan fingerprint density at radius 2 is 1.69 bits per heavy atom. The third-order valence-corrected chi connectivity index (χ3v) is 3.85. The first-order valence-electron chi connectivity index (χ1n) is 9.33. The smallest absolute Gasteiger partial charge is 0.408 e. The van der Waals surface area contributed by atoms with Crippen molar-refractivity contribution in [3.63, 3.8) is 0 Å². The number of carbonyl (C=O) groups is 3. The number of anilines is 1. The van der Waals surface area contributed by atoms with E-state index in [1.54, 1.807) is 45.0 Å². The van der Waals surface area contributed by atoms with Crippen molar-refractivity contribution in [1.29, 1.82) is 0 Å². The molecule has 0 heterocycles. The van der Waals surface area contributed by atoms with Crippen LogP contribution in [-0.4, -0.2) is 30.1 Å². The number of rotatable bonds is 6. The average Bonchev–Trinajstić information content (AvgIpc) is 2.64. The van der Waals surface area contributed by atoms with E-state index in [0.717, 1.165) is 11.1 Å². The predicted octanol–water partition coefficient (Wildman–Crippen LogP) is 3.39. The van der Waals surface area contributed by atoms with E-state index in [4.69, 9.17) is 4.74 Å². The summed E-state index contributed by atoms with van der Waals surface area (Å²) in [4.78, 5) is 36.0. The Labute approximate surface area is 170 Å². The van der Waals surface area contributed by atoms with E-state index in [0.29, 0.717) is 17.8 Å². The van der Waals surface area contributed by atoms with E-state index in [1.807, 2.05) is 31.2 Å². The molecule has 2 aromatic carbocycles. The van der Waals surface area contributed by atoms with Crippen LogP contribution in [0.25, 0.3) is 0 Å². The molecule has 0 aliphatic carbocycles. The highest BCUT2D eigenvalue weighted by Gasteiger charge is 2.16. The number of hydrogen-bond donors (Lipinski definition) is 3. The lowest BCUT2D eigenvalue weighted by molar-refractivity contribution is -0.115. The molecule has 2 aromatic rings. The predicted molar refractivity (Wildman–Crippen MR) is 112 cm³/mol. The van der Waals surface area contributed by atoms with Gasteiger partial charge in [0.2, 0.25) is 5.91 Å². The Kier molecular flexibility index (Phi) is 7.36. The Bertz CT molecular complexity index is 888. The molecule has 154 valence electrons. The number of carbonyl (C=O) groups excluding carboxylic acids is 3. The van der Waals surface area contributed by atoms with E-state index in [2.05, 4.69) is 16.0 Å². The van der Waals surface area contributed by atoms with Crippen LogP contribution in [0.3, 0.4) is 0 Å². The molecule has 0 aliphatic rings. The molecule has 0 aliphatic heterocycles. The molecule has 0 spiro atoms. The van der Waals surface area contributed by atoms with Crippen LogP contribution >= 0.6 is 0 Å². The quantitative estimate of drug-likeness (QED) is 0.696. The van der Waals surface area contributed by atoms with Crippen LogP contribution in [0.15, 0.2) is 48.5 Å². The number of ether oxygens (including phenoxy) is 1. The molecule has 2 rings (SSSR count). The minimum Gasteiger partial charge on any atom is -0.444 e. The number of aryl methyl sites for hydroxylation is 1. The van der Waals surface area contributed by atoms with Gasteiger partial charge in [-0.05, 0) is 57.0 Å². The number of nitrogens with one attached hydrogen (secondary N) is 3. The first kappa shape index (κ1) is 21.9. The van der Waals surface area contributed by atoms with Gasteiger partial charge >= 0.3 is 6.09 Å². The van der Waals surface area contributed by atoms with Gasteiger partial charge in [0.25, 0.3) is 5.91 Å². The molecule has 0 aromatic heterocycles. The monoisotopic (exact) mass is 397 g/mol. The van der Waals surface area contributed by atoms with Gasteiger partial charge in [-0.1, -0.05) is 30.3 Å². The zero-order chi connectivity index (χ0) is 21.4. The van der Waals surface area contributed by atoms with Crippen molar-refractivity contribution in [1.82, 2.24) is 10.6 Å². The fourth-order valence-corrected chi connectivity index (χ4v) is 2.54. The maximum Gasteiger partial charge on any atom is 0.408 e. The Morgan fingerprint density at radius 1 is 0.966 bits per heavy atom. The number of alkyl carbamates (subject to hydrolysis) is 1. The Hall–Kier alpha value is -3.35. The third-order valence-electron chi connectivity index (χ3n) is 3.85. The van der Waals surface area contributed by atoms with E-state index >= 15 is 0 Å². The normalized spacial score (nSPS) is 10.8. The first-order chi connectivity index (χ1) is 13.6. The van der Waals surface area contributed by atoms with Gasteiger partial charge in [-0.3, -0.25) is 9.59 Å². The van der Waals surface area contributed by atoms with Crippen LogP contribution in [0.4, 0.5) is 10.5 Å². The van der Waals surface area contributed by atoms with Crippen molar-refractivity contribution in [3.8, 4) is 0 Å². The second-order valence-corrected chi connectivity index (χ2v) is 7.60. The van der Waals surface area contributed by atoms with Crippen molar-refractivity contribution in [3.05, 3.63) is 65.2 Å². The molecule has 29 heavy (non-hydrogen) atoms. The summed E-state index contributed by atoms with van der Waals surface area (Å²) in [6.45, 7) is 7.24. The summed E-state index contributed by atoms with van der Waals surface area (Å²) in [5.41, 5.74) is 2.32. The molecule has 0 fully saturated rings. The van der Waals surface area contributed by atoms with Gasteiger partial charge in [-0.15, -0.1) is 0 Å². The van der Waals surface area contributed by atoms with E-state index in [-0.39, 0.29) is 18.4 Å². The highest BCUT2D eigenvalue weighted by Crippen LogP contribution is 2.12. The van der Waals surface area contributed by atoms with Gasteiger partial charge in [0.05, 0.1) is 0 Å². The minimum atomic E-state index is -0.652. The van der Waals surface area contributed by atoms with E-state index < -0.39 is 11.7 Å². The standard InChI is InChI=1S/C22H27N3O4/c1-15-8-5-6-11-18(15)20(27)23-13-16-9-7-10-17(12-16)25-19(26)14-24-21(28)29-22(2,3)4/h5-12H,13-14H2,1-4H3,(H,23,27)(H,24,28)(H,25,26). The fourth-order valence-electron chi connectivity index (χ4n) is 2.54. The summed E-state index contributed by atoms with van der Waals surface area (Å²) in [6.07, 6.45) is -0.652. The Balaban J connectivity index is 1.86. The van der Waals surface area contributed by atoms with Crippen LogP contribution in [0.2, 0.25) is 0 Å². The van der Waals surface area contributed by atoms with Gasteiger partial charge in [0, 0.05) is 17.8 Å². The molecular weight excluding hydrogens is 370 g/mol. The van der Waals surface area contributed by atoms with E-state index in [1.165, 1.54) is 0 Å². The Morgan fingerprint density at radius 3 is 2.38 bits per heavy atom. The summed E-state index contributed by atoms with van der Waals surface area (Å²) in [6, 6.07) is 14.5. The highest BCUT2D eigenvalue weighted by molar-refractivity contribution is 5.95. The average molecular weight is 397 g/mol. The van der Waals surface area contributed by atoms with Crippen molar-refractivity contribution >= 4 is 23.6 Å². The lowest BCUT2D eigenvalue weighted by Gasteiger charge is -2.19. The maximum absolute atomic E-state index is 12.3. The van der Waals surface area contributed by atoms with Crippen molar-refractivity contribution in [2.75, 3.05) is 11.9 Å².